The van der Waals surface area contributed by atoms with E-state index < -0.39 is 23.1 Å². The number of hydrogen-bond acceptors (Lipinski definition) is 4. The lowest BCUT2D eigenvalue weighted by Crippen LogP contribution is -2.57. The number of rotatable bonds is 2. The minimum Gasteiger partial charge on any atom is -0.425 e. The summed E-state index contributed by atoms with van der Waals surface area (Å²) >= 11 is 6.12. The molecule has 140 valence electrons. The van der Waals surface area contributed by atoms with Crippen LogP contribution in [0.5, 0.6) is 5.75 Å². The van der Waals surface area contributed by atoms with E-state index in [0.717, 1.165) is 0 Å². The first kappa shape index (κ1) is 17.4. The maximum absolute atomic E-state index is 13.1. The van der Waals surface area contributed by atoms with Gasteiger partial charge in [-0.15, -0.1) is 0 Å². The zero-order valence-corrected chi connectivity index (χ0v) is 15.6. The molecule has 2 bridgehead atoms. The fourth-order valence-electron chi connectivity index (χ4n) is 4.64. The molecule has 0 saturated carbocycles. The lowest BCUT2D eigenvalue weighted by atomic mass is 9.54. The summed E-state index contributed by atoms with van der Waals surface area (Å²) in [6.07, 6.45) is 0.0286. The number of esters is 1. The van der Waals surface area contributed by atoms with Crippen LogP contribution in [0.4, 0.5) is 0 Å². The van der Waals surface area contributed by atoms with Crippen LogP contribution >= 0.6 is 11.6 Å². The second-order valence-corrected chi connectivity index (χ2v) is 7.73. The van der Waals surface area contributed by atoms with Crippen LogP contribution < -0.4 is 4.74 Å². The Labute approximate surface area is 167 Å². The molecule has 0 fully saturated rings. The van der Waals surface area contributed by atoms with E-state index in [1.54, 1.807) is 60.7 Å². The van der Waals surface area contributed by atoms with Crippen LogP contribution in [0.2, 0.25) is 5.02 Å². The van der Waals surface area contributed by atoms with Gasteiger partial charge < -0.3 is 14.9 Å². The number of aliphatic hydroxyl groups is 2. The normalized spacial score (nSPS) is 27.0. The smallest absolute Gasteiger partial charge is 0.318 e. The van der Waals surface area contributed by atoms with Crippen LogP contribution in [0.1, 0.15) is 28.7 Å². The molecule has 3 aliphatic rings. The Morgan fingerprint density at radius 1 is 0.857 bits per heavy atom. The topological polar surface area (TPSA) is 66.8 Å². The molecule has 0 aliphatic heterocycles. The van der Waals surface area contributed by atoms with Crippen molar-refractivity contribution in [2.75, 3.05) is 0 Å². The molecule has 3 aromatic carbocycles. The molecule has 3 aromatic rings. The first-order chi connectivity index (χ1) is 13.5. The predicted octanol–water partition coefficient (Wildman–Crippen LogP) is 3.75. The Morgan fingerprint density at radius 3 is 1.93 bits per heavy atom. The molecule has 0 saturated heterocycles. The highest BCUT2D eigenvalue weighted by Crippen LogP contribution is 2.59. The number of benzene rings is 3. The number of carbonyl (C=O) groups excluding carboxylic acids is 1. The van der Waals surface area contributed by atoms with Crippen molar-refractivity contribution in [3.8, 4) is 5.75 Å². The van der Waals surface area contributed by atoms with Gasteiger partial charge in [-0.3, -0.25) is 4.79 Å². The number of ether oxygens (including phenoxy) is 1. The Balaban J connectivity index is 1.67. The van der Waals surface area contributed by atoms with Gasteiger partial charge >= 0.3 is 5.97 Å². The van der Waals surface area contributed by atoms with Crippen LogP contribution in [0.25, 0.3) is 0 Å². The molecule has 4 nitrogen and oxygen atoms in total. The van der Waals surface area contributed by atoms with Crippen molar-refractivity contribution in [1.82, 2.24) is 0 Å². The Kier molecular flexibility index (Phi) is 3.68. The third-order valence-corrected chi connectivity index (χ3v) is 6.21. The van der Waals surface area contributed by atoms with E-state index in [0.29, 0.717) is 27.3 Å². The molecule has 0 radical (unpaired) electrons. The number of fused-ring (bicyclic) bond motifs is 1. The van der Waals surface area contributed by atoms with E-state index in [1.807, 2.05) is 12.1 Å². The van der Waals surface area contributed by atoms with Crippen LogP contribution in [0.3, 0.4) is 0 Å². The summed E-state index contributed by atoms with van der Waals surface area (Å²) in [7, 11) is 0. The summed E-state index contributed by atoms with van der Waals surface area (Å²) in [5.74, 6) is -1.37. The van der Waals surface area contributed by atoms with E-state index >= 15 is 0 Å². The standard InChI is InChI=1S/C23H17ClO4/c24-19-11-5-6-12-20(19)28-21(25)18-13-22(26)14-7-1-3-9-16(14)23(18,27)17-10-4-2-8-15(17)22/h1-12,18,26-27H,13H2. The van der Waals surface area contributed by atoms with Gasteiger partial charge in [0.1, 0.15) is 17.0 Å². The molecule has 2 N–H and O–H groups in total. The first-order valence-corrected chi connectivity index (χ1v) is 9.45. The zero-order chi connectivity index (χ0) is 19.5. The van der Waals surface area contributed by atoms with Gasteiger partial charge in [-0.05, 0) is 34.4 Å². The van der Waals surface area contributed by atoms with Crippen molar-refractivity contribution < 1.29 is 19.7 Å². The monoisotopic (exact) mass is 392 g/mol. The SMILES string of the molecule is O=C(Oc1ccccc1Cl)C1CC2(O)c3ccccc3C1(O)c1ccccc12. The average Bonchev–Trinajstić information content (AvgIpc) is 2.72. The second-order valence-electron chi connectivity index (χ2n) is 7.33. The molecule has 0 spiro atoms. The largest absolute Gasteiger partial charge is 0.425 e. The summed E-state index contributed by atoms with van der Waals surface area (Å²) in [4.78, 5) is 13.1. The van der Waals surface area contributed by atoms with E-state index in [1.165, 1.54) is 0 Å². The van der Waals surface area contributed by atoms with Gasteiger partial charge in [-0.1, -0.05) is 72.3 Å². The van der Waals surface area contributed by atoms with E-state index in [9.17, 15) is 15.0 Å². The average molecular weight is 393 g/mol. The zero-order valence-electron chi connectivity index (χ0n) is 14.8. The summed E-state index contributed by atoms with van der Waals surface area (Å²) in [5.41, 5.74) is -0.652. The summed E-state index contributed by atoms with van der Waals surface area (Å²) in [5, 5.41) is 23.8. The van der Waals surface area contributed by atoms with Crippen molar-refractivity contribution in [2.24, 2.45) is 5.92 Å². The van der Waals surface area contributed by atoms with E-state index in [-0.39, 0.29) is 12.2 Å². The van der Waals surface area contributed by atoms with Crippen molar-refractivity contribution in [3.05, 3.63) is 100 Å². The van der Waals surface area contributed by atoms with Crippen molar-refractivity contribution in [2.45, 2.75) is 17.6 Å². The minimum atomic E-state index is -1.59. The van der Waals surface area contributed by atoms with Gasteiger partial charge in [0.2, 0.25) is 0 Å². The lowest BCUT2D eigenvalue weighted by molar-refractivity contribution is -0.157. The maximum Gasteiger partial charge on any atom is 0.318 e. The van der Waals surface area contributed by atoms with Crippen LogP contribution in [-0.4, -0.2) is 16.2 Å². The van der Waals surface area contributed by atoms with Crippen LogP contribution in [0.15, 0.2) is 72.8 Å². The van der Waals surface area contributed by atoms with Crippen molar-refractivity contribution >= 4 is 17.6 Å². The molecule has 0 heterocycles. The molecular weight excluding hydrogens is 376 g/mol. The van der Waals surface area contributed by atoms with Gasteiger partial charge in [0.15, 0.2) is 0 Å². The molecular formula is C23H17ClO4. The molecule has 1 unspecified atom stereocenters. The molecule has 0 aromatic heterocycles. The predicted molar refractivity (Wildman–Crippen MR) is 104 cm³/mol. The highest BCUT2D eigenvalue weighted by atomic mass is 35.5. The van der Waals surface area contributed by atoms with Gasteiger partial charge in [-0.25, -0.2) is 0 Å². The number of halogens is 1. The molecule has 6 rings (SSSR count). The fourth-order valence-corrected chi connectivity index (χ4v) is 4.82. The number of hydrogen-bond donors (Lipinski definition) is 2. The summed E-state index contributed by atoms with van der Waals surface area (Å²) in [6, 6.07) is 21.0. The summed E-state index contributed by atoms with van der Waals surface area (Å²) in [6.45, 7) is 0. The van der Waals surface area contributed by atoms with Gasteiger partial charge in [0.25, 0.3) is 0 Å². The van der Waals surface area contributed by atoms with Crippen LogP contribution in [0, 0.1) is 5.92 Å². The van der Waals surface area contributed by atoms with Crippen molar-refractivity contribution in [1.29, 1.82) is 0 Å². The quantitative estimate of drug-likeness (QED) is 0.515. The first-order valence-electron chi connectivity index (χ1n) is 9.07. The van der Waals surface area contributed by atoms with Crippen molar-refractivity contribution in [3.63, 3.8) is 0 Å². The third kappa shape index (κ3) is 2.17. The molecule has 5 heteroatoms. The Bertz CT molecular complexity index is 1060. The summed E-state index contributed by atoms with van der Waals surface area (Å²) < 4.78 is 5.54. The molecule has 28 heavy (non-hydrogen) atoms. The van der Waals surface area contributed by atoms with E-state index in [2.05, 4.69) is 0 Å². The highest BCUT2D eigenvalue weighted by molar-refractivity contribution is 6.32. The van der Waals surface area contributed by atoms with Gasteiger partial charge in [0.05, 0.1) is 10.9 Å². The highest BCUT2D eigenvalue weighted by Gasteiger charge is 2.62. The van der Waals surface area contributed by atoms with E-state index in [4.69, 9.17) is 16.3 Å². The molecule has 3 aliphatic carbocycles. The lowest BCUT2D eigenvalue weighted by Gasteiger charge is -2.53. The second kappa shape index (κ2) is 5.92. The molecule has 0 amide bonds. The number of carbonyl (C=O) groups is 1. The third-order valence-electron chi connectivity index (χ3n) is 5.90. The maximum atomic E-state index is 13.1. The molecule has 1 atom stereocenters. The Hall–Kier alpha value is -2.66. The number of para-hydroxylation sites is 1. The minimum absolute atomic E-state index is 0.0286. The van der Waals surface area contributed by atoms with Gasteiger partial charge in [-0.2, -0.15) is 0 Å². The fraction of sp³-hybridized carbons (Fsp3) is 0.174. The Morgan fingerprint density at radius 2 is 1.36 bits per heavy atom. The van der Waals surface area contributed by atoms with Gasteiger partial charge in [0, 0.05) is 6.42 Å². The van der Waals surface area contributed by atoms with Crippen LogP contribution in [-0.2, 0) is 16.0 Å².